The highest BCUT2D eigenvalue weighted by molar-refractivity contribution is 7.99. The quantitative estimate of drug-likeness (QED) is 0.651. The van der Waals surface area contributed by atoms with Crippen molar-refractivity contribution in [3.8, 4) is 0 Å². The smallest absolute Gasteiger partial charge is 0.256 e. The number of oxazole rings is 1. The van der Waals surface area contributed by atoms with Crippen LogP contribution < -0.4 is 5.73 Å². The van der Waals surface area contributed by atoms with Crippen molar-refractivity contribution < 1.29 is 4.42 Å². The molecule has 0 saturated carbocycles. The van der Waals surface area contributed by atoms with E-state index >= 15 is 0 Å². The van der Waals surface area contributed by atoms with Gasteiger partial charge in [0.15, 0.2) is 5.58 Å². The Balaban J connectivity index is 2.08. The summed E-state index contributed by atoms with van der Waals surface area (Å²) in [4.78, 5) is 4.39. The molecular formula is C12H16N2OS. The van der Waals surface area contributed by atoms with Crippen LogP contribution in [-0.4, -0.2) is 10.7 Å². The molecule has 0 saturated heterocycles. The zero-order valence-electron chi connectivity index (χ0n) is 9.56. The van der Waals surface area contributed by atoms with E-state index in [1.54, 1.807) is 11.8 Å². The largest absolute Gasteiger partial charge is 0.431 e. The van der Waals surface area contributed by atoms with E-state index in [0.717, 1.165) is 27.8 Å². The van der Waals surface area contributed by atoms with E-state index in [0.29, 0.717) is 5.92 Å². The summed E-state index contributed by atoms with van der Waals surface area (Å²) in [7, 11) is 0. The van der Waals surface area contributed by atoms with Gasteiger partial charge >= 0.3 is 0 Å². The lowest BCUT2D eigenvalue weighted by molar-refractivity contribution is 0.488. The van der Waals surface area contributed by atoms with Gasteiger partial charge in [-0.05, 0) is 30.5 Å². The van der Waals surface area contributed by atoms with Crippen molar-refractivity contribution in [3.63, 3.8) is 0 Å². The van der Waals surface area contributed by atoms with Gasteiger partial charge in [0.1, 0.15) is 5.52 Å². The number of thioether (sulfide) groups is 1. The van der Waals surface area contributed by atoms with E-state index in [4.69, 9.17) is 10.2 Å². The third-order valence-electron chi connectivity index (χ3n) is 2.31. The molecule has 0 bridgehead atoms. The molecule has 0 spiro atoms. The summed E-state index contributed by atoms with van der Waals surface area (Å²) < 4.78 is 5.60. The Morgan fingerprint density at radius 3 is 3.00 bits per heavy atom. The molecule has 0 fully saturated rings. The summed E-state index contributed by atoms with van der Waals surface area (Å²) in [6.07, 6.45) is 1.17. The second-order valence-electron chi connectivity index (χ2n) is 4.24. The summed E-state index contributed by atoms with van der Waals surface area (Å²) in [5, 5.41) is 0.737. The number of rotatable bonds is 4. The lowest BCUT2D eigenvalue weighted by Crippen LogP contribution is -1.88. The van der Waals surface area contributed by atoms with Crippen LogP contribution in [0.15, 0.2) is 27.8 Å². The molecule has 2 rings (SSSR count). The van der Waals surface area contributed by atoms with Crippen molar-refractivity contribution >= 4 is 28.5 Å². The molecule has 4 heteroatoms. The molecule has 86 valence electrons. The standard InChI is InChI=1S/C12H16N2OS/c1-8(2)5-6-16-12-14-10-7-9(13)3-4-11(10)15-12/h3-4,7-8H,5-6,13H2,1-2H3. The second-order valence-corrected chi connectivity index (χ2v) is 5.28. The van der Waals surface area contributed by atoms with Crippen LogP contribution in [0.5, 0.6) is 0 Å². The van der Waals surface area contributed by atoms with Gasteiger partial charge in [-0.15, -0.1) is 0 Å². The first-order chi connectivity index (χ1) is 7.65. The van der Waals surface area contributed by atoms with Gasteiger partial charge < -0.3 is 10.2 Å². The Labute approximate surface area is 99.4 Å². The van der Waals surface area contributed by atoms with Crippen molar-refractivity contribution in [1.82, 2.24) is 4.98 Å². The van der Waals surface area contributed by atoms with Gasteiger partial charge in [-0.25, -0.2) is 4.98 Å². The minimum atomic E-state index is 0.715. The summed E-state index contributed by atoms with van der Waals surface area (Å²) in [5.74, 6) is 1.76. The molecule has 1 aromatic carbocycles. The van der Waals surface area contributed by atoms with Crippen molar-refractivity contribution in [2.45, 2.75) is 25.5 Å². The molecule has 2 aromatic rings. The number of aromatic nitrogens is 1. The molecule has 0 aliphatic heterocycles. The molecule has 1 aromatic heterocycles. The van der Waals surface area contributed by atoms with Gasteiger partial charge in [0.25, 0.3) is 5.22 Å². The van der Waals surface area contributed by atoms with Crippen molar-refractivity contribution in [2.24, 2.45) is 5.92 Å². The first-order valence-electron chi connectivity index (χ1n) is 5.44. The van der Waals surface area contributed by atoms with Crippen molar-refractivity contribution in [2.75, 3.05) is 11.5 Å². The third-order valence-corrected chi connectivity index (χ3v) is 3.17. The van der Waals surface area contributed by atoms with E-state index in [2.05, 4.69) is 18.8 Å². The highest BCUT2D eigenvalue weighted by Crippen LogP contribution is 2.25. The fourth-order valence-corrected chi connectivity index (χ4v) is 2.44. The predicted molar refractivity (Wildman–Crippen MR) is 68.6 cm³/mol. The lowest BCUT2D eigenvalue weighted by atomic mass is 10.2. The van der Waals surface area contributed by atoms with E-state index in [1.165, 1.54) is 6.42 Å². The van der Waals surface area contributed by atoms with Crippen LogP contribution in [0, 0.1) is 5.92 Å². The van der Waals surface area contributed by atoms with Crippen LogP contribution in [-0.2, 0) is 0 Å². The first-order valence-corrected chi connectivity index (χ1v) is 6.42. The Kier molecular flexibility index (Phi) is 3.39. The highest BCUT2D eigenvalue weighted by Gasteiger charge is 2.06. The van der Waals surface area contributed by atoms with Crippen LogP contribution in [0.2, 0.25) is 0 Å². The fraction of sp³-hybridized carbons (Fsp3) is 0.417. The molecule has 0 atom stereocenters. The molecule has 0 aliphatic carbocycles. The topological polar surface area (TPSA) is 52.0 Å². The van der Waals surface area contributed by atoms with Gasteiger partial charge in [-0.3, -0.25) is 0 Å². The SMILES string of the molecule is CC(C)CCSc1nc2cc(N)ccc2o1. The number of nitrogen functional groups attached to an aromatic ring is 1. The molecular weight excluding hydrogens is 220 g/mol. The molecule has 0 unspecified atom stereocenters. The van der Waals surface area contributed by atoms with Crippen molar-refractivity contribution in [1.29, 1.82) is 0 Å². The van der Waals surface area contributed by atoms with Crippen LogP contribution in [0.4, 0.5) is 5.69 Å². The van der Waals surface area contributed by atoms with Gasteiger partial charge in [-0.2, -0.15) is 0 Å². The second kappa shape index (κ2) is 4.78. The maximum atomic E-state index is 5.68. The van der Waals surface area contributed by atoms with Gasteiger partial charge in [0.2, 0.25) is 0 Å². The van der Waals surface area contributed by atoms with Crippen LogP contribution >= 0.6 is 11.8 Å². The summed E-state index contributed by atoms with van der Waals surface area (Å²) >= 11 is 1.66. The van der Waals surface area contributed by atoms with E-state index in [-0.39, 0.29) is 0 Å². The van der Waals surface area contributed by atoms with Gasteiger partial charge in [-0.1, -0.05) is 25.6 Å². The number of benzene rings is 1. The Hall–Kier alpha value is -1.16. The van der Waals surface area contributed by atoms with Crippen LogP contribution in [0.3, 0.4) is 0 Å². The van der Waals surface area contributed by atoms with Gasteiger partial charge in [0, 0.05) is 11.4 Å². The number of anilines is 1. The zero-order valence-corrected chi connectivity index (χ0v) is 10.4. The van der Waals surface area contributed by atoms with E-state index in [1.807, 2.05) is 18.2 Å². The number of nitrogens with two attached hydrogens (primary N) is 1. The molecule has 0 amide bonds. The van der Waals surface area contributed by atoms with Crippen LogP contribution in [0.25, 0.3) is 11.1 Å². The molecule has 0 radical (unpaired) electrons. The Morgan fingerprint density at radius 1 is 1.44 bits per heavy atom. The van der Waals surface area contributed by atoms with E-state index < -0.39 is 0 Å². The number of hydrogen-bond donors (Lipinski definition) is 1. The average Bonchev–Trinajstić information content (AvgIpc) is 2.58. The summed E-state index contributed by atoms with van der Waals surface area (Å²) in [5.41, 5.74) is 8.05. The van der Waals surface area contributed by atoms with E-state index in [9.17, 15) is 0 Å². The highest BCUT2D eigenvalue weighted by atomic mass is 32.2. The number of fused-ring (bicyclic) bond motifs is 1. The van der Waals surface area contributed by atoms with Crippen molar-refractivity contribution in [3.05, 3.63) is 18.2 Å². The zero-order chi connectivity index (χ0) is 11.5. The maximum Gasteiger partial charge on any atom is 0.256 e. The molecule has 16 heavy (non-hydrogen) atoms. The minimum Gasteiger partial charge on any atom is -0.431 e. The number of nitrogens with zero attached hydrogens (tertiary/aromatic N) is 1. The number of hydrogen-bond acceptors (Lipinski definition) is 4. The maximum absolute atomic E-state index is 5.68. The minimum absolute atomic E-state index is 0.715. The molecule has 3 nitrogen and oxygen atoms in total. The molecule has 0 aliphatic rings. The lowest BCUT2D eigenvalue weighted by Gasteiger charge is -2.00. The monoisotopic (exact) mass is 236 g/mol. The molecule has 1 heterocycles. The molecule has 2 N–H and O–H groups in total. The summed E-state index contributed by atoms with van der Waals surface area (Å²) in [6, 6.07) is 5.53. The summed E-state index contributed by atoms with van der Waals surface area (Å²) in [6.45, 7) is 4.43. The Morgan fingerprint density at radius 2 is 2.25 bits per heavy atom. The predicted octanol–water partition coefficient (Wildman–Crippen LogP) is 3.55. The first kappa shape index (κ1) is 11.3. The Bertz CT molecular complexity index is 479. The van der Waals surface area contributed by atoms with Gasteiger partial charge in [0.05, 0.1) is 0 Å². The fourth-order valence-electron chi connectivity index (χ4n) is 1.37. The average molecular weight is 236 g/mol. The van der Waals surface area contributed by atoms with Crippen LogP contribution in [0.1, 0.15) is 20.3 Å². The third kappa shape index (κ3) is 2.70. The normalized spacial score (nSPS) is 11.4.